The number of hydrogen-bond donors (Lipinski definition) is 1. The zero-order valence-electron chi connectivity index (χ0n) is 18.4. The Labute approximate surface area is 198 Å². The number of rotatable bonds is 6. The van der Waals surface area contributed by atoms with Crippen molar-refractivity contribution in [3.63, 3.8) is 0 Å². The summed E-state index contributed by atoms with van der Waals surface area (Å²) < 4.78 is 12.0. The van der Waals surface area contributed by atoms with Gasteiger partial charge in [0.25, 0.3) is 5.56 Å². The van der Waals surface area contributed by atoms with Gasteiger partial charge in [0.15, 0.2) is 5.16 Å². The third-order valence-corrected chi connectivity index (χ3v) is 6.19. The van der Waals surface area contributed by atoms with Gasteiger partial charge in [-0.2, -0.15) is 0 Å². The molecule has 1 unspecified atom stereocenters. The first-order valence-electron chi connectivity index (χ1n) is 10.0. The number of nitrogens with zero attached hydrogens (tertiary/aromatic N) is 3. The number of nitrogens with one attached hydrogen (secondary N) is 1. The van der Waals surface area contributed by atoms with Gasteiger partial charge in [0, 0.05) is 11.1 Å². The molecule has 0 spiro atoms. The Bertz CT molecular complexity index is 1420. The zero-order valence-corrected chi connectivity index (χ0v) is 20.0. The number of aromatic nitrogens is 3. The molecule has 2 heterocycles. The number of thioether (sulfide) groups is 1. The van der Waals surface area contributed by atoms with Crippen molar-refractivity contribution in [2.75, 3.05) is 12.4 Å². The molecule has 1 N–H and O–H groups in total. The molecule has 1 atom stereocenters. The summed E-state index contributed by atoms with van der Waals surface area (Å²) in [4.78, 5) is 31.0. The maximum absolute atomic E-state index is 13.6. The molecule has 1 amide bonds. The Kier molecular flexibility index (Phi) is 6.44. The predicted molar refractivity (Wildman–Crippen MR) is 129 cm³/mol. The van der Waals surface area contributed by atoms with Crippen LogP contribution in [0.1, 0.15) is 18.2 Å². The van der Waals surface area contributed by atoms with Crippen LogP contribution in [0.25, 0.3) is 16.6 Å². The van der Waals surface area contributed by atoms with Gasteiger partial charge >= 0.3 is 0 Å². The van der Waals surface area contributed by atoms with E-state index in [1.165, 1.54) is 11.7 Å². The number of aryl methyl sites for hydroxylation is 2. The van der Waals surface area contributed by atoms with Crippen LogP contribution in [-0.2, 0) is 4.79 Å². The maximum Gasteiger partial charge on any atom is 0.266 e. The number of halogens is 1. The molecular weight excluding hydrogens is 464 g/mol. The number of benzene rings is 2. The molecule has 33 heavy (non-hydrogen) atoms. The Hall–Kier alpha value is -3.30. The highest BCUT2D eigenvalue weighted by molar-refractivity contribution is 8.00. The van der Waals surface area contributed by atoms with E-state index in [1.807, 2.05) is 19.1 Å². The minimum Gasteiger partial charge on any atom is -0.495 e. The second-order valence-corrected chi connectivity index (χ2v) is 9.20. The Balaban J connectivity index is 1.82. The van der Waals surface area contributed by atoms with E-state index in [0.29, 0.717) is 38.2 Å². The number of ether oxygens (including phenoxy) is 1. The summed E-state index contributed by atoms with van der Waals surface area (Å²) in [5, 5.41) is 7.04. The third-order valence-electron chi connectivity index (χ3n) is 4.90. The van der Waals surface area contributed by atoms with Crippen LogP contribution in [0.2, 0.25) is 5.02 Å². The van der Waals surface area contributed by atoms with Crippen LogP contribution >= 0.6 is 23.4 Å². The van der Waals surface area contributed by atoms with E-state index in [2.05, 4.69) is 15.5 Å². The molecule has 8 nitrogen and oxygen atoms in total. The van der Waals surface area contributed by atoms with E-state index in [4.69, 9.17) is 20.9 Å². The molecule has 0 aliphatic heterocycles. The molecular formula is C23H21ClN4O4S. The summed E-state index contributed by atoms with van der Waals surface area (Å²) in [6.45, 7) is 5.40. The van der Waals surface area contributed by atoms with Gasteiger partial charge in [-0.3, -0.25) is 19.5 Å². The predicted octanol–water partition coefficient (Wildman–Crippen LogP) is 4.77. The first kappa shape index (κ1) is 22.9. The van der Waals surface area contributed by atoms with E-state index in [9.17, 15) is 9.59 Å². The number of anilines is 1. The lowest BCUT2D eigenvalue weighted by molar-refractivity contribution is -0.115. The summed E-state index contributed by atoms with van der Waals surface area (Å²) >= 11 is 7.28. The normalized spacial score (nSPS) is 12.0. The molecule has 4 aromatic rings. The van der Waals surface area contributed by atoms with Crippen molar-refractivity contribution in [3.05, 3.63) is 69.1 Å². The quantitative estimate of drug-likeness (QED) is 0.311. The van der Waals surface area contributed by atoms with Crippen molar-refractivity contribution in [2.45, 2.75) is 31.2 Å². The molecule has 0 aliphatic carbocycles. The van der Waals surface area contributed by atoms with Crippen molar-refractivity contribution < 1.29 is 14.1 Å². The van der Waals surface area contributed by atoms with Crippen LogP contribution in [0.5, 0.6) is 5.75 Å². The highest BCUT2D eigenvalue weighted by Gasteiger charge is 2.23. The molecule has 10 heteroatoms. The van der Waals surface area contributed by atoms with Crippen LogP contribution in [0.15, 0.2) is 56.9 Å². The number of methoxy groups -OCH3 is 1. The lowest BCUT2D eigenvalue weighted by Crippen LogP contribution is -2.26. The smallest absolute Gasteiger partial charge is 0.266 e. The molecule has 4 rings (SSSR count). The second-order valence-electron chi connectivity index (χ2n) is 7.45. The fourth-order valence-corrected chi connectivity index (χ4v) is 4.35. The molecule has 170 valence electrons. The van der Waals surface area contributed by atoms with Gasteiger partial charge in [0.05, 0.1) is 34.6 Å². The zero-order chi connectivity index (χ0) is 23.7. The summed E-state index contributed by atoms with van der Waals surface area (Å²) in [6.07, 6.45) is 0. The monoisotopic (exact) mass is 484 g/mol. The van der Waals surface area contributed by atoms with Crippen molar-refractivity contribution in [3.8, 4) is 11.4 Å². The fourth-order valence-electron chi connectivity index (χ4n) is 3.26. The molecule has 0 aliphatic rings. The minimum absolute atomic E-state index is 0.251. The first-order valence-corrected chi connectivity index (χ1v) is 11.3. The lowest BCUT2D eigenvalue weighted by Gasteiger charge is -2.18. The first-order chi connectivity index (χ1) is 15.8. The summed E-state index contributed by atoms with van der Waals surface area (Å²) in [5.41, 5.74) is 2.28. The van der Waals surface area contributed by atoms with Crippen molar-refractivity contribution in [1.29, 1.82) is 0 Å². The van der Waals surface area contributed by atoms with Gasteiger partial charge in [0.1, 0.15) is 5.75 Å². The Morgan fingerprint density at radius 3 is 2.70 bits per heavy atom. The maximum atomic E-state index is 13.6. The summed E-state index contributed by atoms with van der Waals surface area (Å²) in [5.74, 6) is 0.439. The van der Waals surface area contributed by atoms with Gasteiger partial charge in [-0.1, -0.05) is 34.6 Å². The van der Waals surface area contributed by atoms with Crippen molar-refractivity contribution >= 4 is 46.1 Å². The molecule has 0 fully saturated rings. The number of fused-ring (bicyclic) bond motifs is 1. The molecule has 2 aromatic heterocycles. The fraction of sp³-hybridized carbons (Fsp3) is 0.217. The van der Waals surface area contributed by atoms with Crippen LogP contribution in [-0.4, -0.2) is 33.0 Å². The number of carbonyl (C=O) groups excluding carboxylic acids is 1. The highest BCUT2D eigenvalue weighted by atomic mass is 35.5. The van der Waals surface area contributed by atoms with E-state index in [0.717, 1.165) is 17.3 Å². The van der Waals surface area contributed by atoms with Crippen LogP contribution < -0.4 is 15.6 Å². The van der Waals surface area contributed by atoms with Crippen LogP contribution in [0, 0.1) is 13.8 Å². The van der Waals surface area contributed by atoms with E-state index in [1.54, 1.807) is 44.2 Å². The highest BCUT2D eigenvalue weighted by Crippen LogP contribution is 2.31. The van der Waals surface area contributed by atoms with Gasteiger partial charge in [-0.05, 0) is 56.7 Å². The SMILES string of the molecule is COc1ccc(C)cc1-n1c(SC(C)C(=O)Nc2cc(C)no2)nc2cc(Cl)ccc2c1=O. The van der Waals surface area contributed by atoms with Gasteiger partial charge < -0.3 is 9.26 Å². The molecule has 2 aromatic carbocycles. The lowest BCUT2D eigenvalue weighted by atomic mass is 10.2. The average Bonchev–Trinajstić information content (AvgIpc) is 3.18. The topological polar surface area (TPSA) is 99.2 Å². The van der Waals surface area contributed by atoms with Gasteiger partial charge in [-0.15, -0.1) is 0 Å². The number of carbonyl (C=O) groups is 1. The molecule has 0 bridgehead atoms. The Morgan fingerprint density at radius 1 is 1.21 bits per heavy atom. The average molecular weight is 485 g/mol. The van der Waals surface area contributed by atoms with Crippen molar-refractivity contribution in [2.24, 2.45) is 0 Å². The Morgan fingerprint density at radius 2 is 2.00 bits per heavy atom. The third kappa shape index (κ3) is 4.74. The number of amides is 1. The van der Waals surface area contributed by atoms with Crippen LogP contribution in [0.3, 0.4) is 0 Å². The van der Waals surface area contributed by atoms with E-state index in [-0.39, 0.29) is 17.4 Å². The van der Waals surface area contributed by atoms with Crippen LogP contribution in [0.4, 0.5) is 5.88 Å². The minimum atomic E-state index is -0.610. The second kappa shape index (κ2) is 9.29. The molecule has 0 saturated heterocycles. The van der Waals surface area contributed by atoms with Gasteiger partial charge in [-0.25, -0.2) is 4.98 Å². The largest absolute Gasteiger partial charge is 0.495 e. The van der Waals surface area contributed by atoms with E-state index >= 15 is 0 Å². The molecule has 0 radical (unpaired) electrons. The van der Waals surface area contributed by atoms with E-state index < -0.39 is 5.25 Å². The van der Waals surface area contributed by atoms with Gasteiger partial charge in [0.2, 0.25) is 11.8 Å². The summed E-state index contributed by atoms with van der Waals surface area (Å²) in [6, 6.07) is 12.1. The summed E-state index contributed by atoms with van der Waals surface area (Å²) in [7, 11) is 1.54. The molecule has 0 saturated carbocycles. The number of hydrogen-bond acceptors (Lipinski definition) is 7. The van der Waals surface area contributed by atoms with Crippen molar-refractivity contribution in [1.82, 2.24) is 14.7 Å². The standard InChI is InChI=1S/C23H21ClN4O4S/c1-12-5-8-19(31-4)18(9-12)28-22(30)16-7-6-15(24)11-17(16)25-23(28)33-14(3)21(29)26-20-10-13(2)27-32-20/h5-11,14H,1-4H3,(H,26,29).